The summed E-state index contributed by atoms with van der Waals surface area (Å²) >= 11 is 0. The molecule has 3 aromatic heterocycles. The van der Waals surface area contributed by atoms with Crippen LogP contribution in [-0.4, -0.2) is 54.0 Å². The van der Waals surface area contributed by atoms with Gasteiger partial charge < -0.3 is 10.1 Å². The van der Waals surface area contributed by atoms with Crippen LogP contribution in [0.25, 0.3) is 11.0 Å². The maximum absolute atomic E-state index is 12.9. The van der Waals surface area contributed by atoms with Crippen molar-refractivity contribution in [3.8, 4) is 12.0 Å². The number of carbonyl (C=O) groups excluding carboxylic acids is 1. The molecule has 0 saturated carbocycles. The summed E-state index contributed by atoms with van der Waals surface area (Å²) in [4.78, 5) is 25.7. The number of nitriles is 1. The minimum Gasteiger partial charge on any atom is -0.387 e. The lowest BCUT2D eigenvalue weighted by Gasteiger charge is -2.16. The number of rotatable bonds is 6. The molecule has 0 saturated heterocycles. The molecule has 4 aliphatic carbocycles. The number of anilines is 1. The number of hydrogen-bond acceptors (Lipinski definition) is 11. The highest BCUT2D eigenvalue weighted by Gasteiger charge is 2.29. The van der Waals surface area contributed by atoms with E-state index in [1.165, 1.54) is 75.8 Å². The number of ether oxygens (including phenoxy) is 1. The van der Waals surface area contributed by atoms with Gasteiger partial charge in [-0.15, -0.1) is 5.26 Å². The molecule has 4 heterocycles. The van der Waals surface area contributed by atoms with Crippen molar-refractivity contribution in [1.82, 2.24) is 19.7 Å². The summed E-state index contributed by atoms with van der Waals surface area (Å²) in [6.07, 6.45) is 17.4. The molecule has 1 atom stereocenters. The maximum Gasteiger partial charge on any atom is 0.292 e. The first-order valence-corrected chi connectivity index (χ1v) is 23.6. The zero-order chi connectivity index (χ0) is 42.5. The van der Waals surface area contributed by atoms with Crippen LogP contribution in [0.15, 0.2) is 51.4 Å². The molecule has 16 heteroatoms. The Morgan fingerprint density at radius 3 is 1.95 bits per heavy atom. The second-order valence-corrected chi connectivity index (χ2v) is 19.8. The summed E-state index contributed by atoms with van der Waals surface area (Å²) in [5, 5.41) is 21.5. The van der Waals surface area contributed by atoms with Crippen LogP contribution in [0.4, 0.5) is 5.69 Å². The highest BCUT2D eigenvalue weighted by molar-refractivity contribution is 7.92. The lowest BCUT2D eigenvalue weighted by molar-refractivity contribution is -0.113. The predicted octanol–water partition coefficient (Wildman–Crippen LogP) is 5.80. The number of fused-ring (bicyclic) bond motifs is 6. The van der Waals surface area contributed by atoms with E-state index in [4.69, 9.17) is 15.1 Å². The summed E-state index contributed by atoms with van der Waals surface area (Å²) < 4.78 is 54.9. The fourth-order valence-corrected chi connectivity index (χ4v) is 11.0. The zero-order valence-corrected chi connectivity index (χ0v) is 35.9. The SMILES string of the molecule is CC1=NC(C)c2ncc(S(=O)(=O)CC(=O)Nc3c4c(cc5c3CCC5)CCC4)cc21.Cc1nn(C)c2ncc(S(N)(=O)=O)cc12.N#COc1c2c(cc3c1CCC3)CCC2. The molecular weight excluding hydrogens is 801 g/mol. The van der Waals surface area contributed by atoms with Crippen molar-refractivity contribution in [3.63, 3.8) is 0 Å². The number of aromatic nitrogens is 4. The van der Waals surface area contributed by atoms with E-state index in [-0.39, 0.29) is 15.8 Å². The number of aryl methyl sites for hydroxylation is 6. The van der Waals surface area contributed by atoms with E-state index in [0.29, 0.717) is 11.0 Å². The highest BCUT2D eigenvalue weighted by atomic mass is 32.2. The summed E-state index contributed by atoms with van der Waals surface area (Å²) in [6.45, 7) is 5.57. The molecule has 312 valence electrons. The standard InChI is InChI=1S/C23H25N3O3S.C13H13NO.C8H10N4O2S/c1-13-20-10-17(11-24-22(20)14(2)25-13)30(28,29)12-21(27)26-23-18-7-3-5-15(18)9-16-6-4-8-19(16)23;14-8-15-13-11-5-1-3-9(11)7-10-4-2-6-12(10)13;1-5-7-3-6(15(9,13)14)4-10-8(7)12(2)11-5/h9-11,14H,3-8,12H2,1-2H3,(H,26,27);7H,1-6H2;3-4H,1-2H3,(H2,9,13,14). The van der Waals surface area contributed by atoms with Crippen molar-refractivity contribution in [2.75, 3.05) is 11.1 Å². The molecule has 0 spiro atoms. The van der Waals surface area contributed by atoms with Gasteiger partial charge in [-0.2, -0.15) is 5.10 Å². The molecule has 0 radical (unpaired) electrons. The Bertz CT molecular complexity index is 2830. The summed E-state index contributed by atoms with van der Waals surface area (Å²) in [5.41, 5.74) is 15.0. The number of aliphatic imine (C=N–C) groups is 1. The van der Waals surface area contributed by atoms with Crippen molar-refractivity contribution >= 4 is 48.2 Å². The molecule has 1 unspecified atom stereocenters. The second kappa shape index (κ2) is 16.2. The van der Waals surface area contributed by atoms with E-state index in [1.54, 1.807) is 24.7 Å². The predicted molar refractivity (Wildman–Crippen MR) is 227 cm³/mol. The summed E-state index contributed by atoms with van der Waals surface area (Å²) in [7, 11) is -5.75. The molecule has 0 fully saturated rings. The quantitative estimate of drug-likeness (QED) is 0.196. The number of carbonyl (C=O) groups is 1. The number of amides is 1. The number of pyridine rings is 2. The van der Waals surface area contributed by atoms with Crippen LogP contribution in [0, 0.1) is 18.4 Å². The third kappa shape index (κ3) is 7.93. The average molecular weight is 849 g/mol. The van der Waals surface area contributed by atoms with Gasteiger partial charge in [-0.25, -0.2) is 27.0 Å². The number of nitrogens with two attached hydrogens (primary N) is 1. The van der Waals surface area contributed by atoms with Gasteiger partial charge in [-0.1, -0.05) is 12.1 Å². The molecule has 14 nitrogen and oxygen atoms in total. The summed E-state index contributed by atoms with van der Waals surface area (Å²) in [5.74, 6) is -0.166. The van der Waals surface area contributed by atoms with Gasteiger partial charge in [0.25, 0.3) is 6.26 Å². The van der Waals surface area contributed by atoms with Crippen LogP contribution in [0.2, 0.25) is 0 Å². The van der Waals surface area contributed by atoms with Crippen LogP contribution in [0.3, 0.4) is 0 Å². The molecule has 5 aliphatic rings. The largest absolute Gasteiger partial charge is 0.387 e. The average Bonchev–Trinajstić information content (AvgIpc) is 4.07. The van der Waals surface area contributed by atoms with Crippen molar-refractivity contribution in [3.05, 3.63) is 98.1 Å². The molecule has 60 heavy (non-hydrogen) atoms. The topological polar surface area (TPSA) is 212 Å². The number of sulfone groups is 1. The van der Waals surface area contributed by atoms with Crippen LogP contribution < -0.4 is 15.2 Å². The Balaban J connectivity index is 0.000000139. The Kier molecular flexibility index (Phi) is 11.1. The van der Waals surface area contributed by atoms with Gasteiger partial charge in [0.2, 0.25) is 15.9 Å². The fraction of sp³-hybridized carbons (Fsp3) is 0.409. The van der Waals surface area contributed by atoms with Crippen LogP contribution >= 0.6 is 0 Å². The van der Waals surface area contributed by atoms with E-state index >= 15 is 0 Å². The van der Waals surface area contributed by atoms with Gasteiger partial charge in [-0.3, -0.25) is 19.5 Å². The molecule has 2 aromatic carbocycles. The first-order valence-electron chi connectivity index (χ1n) is 20.4. The molecular formula is C44H48N8O6S2. The maximum atomic E-state index is 12.9. The van der Waals surface area contributed by atoms with E-state index < -0.39 is 31.5 Å². The first-order chi connectivity index (χ1) is 28.6. The monoisotopic (exact) mass is 848 g/mol. The van der Waals surface area contributed by atoms with Crippen LogP contribution in [-0.2, 0) is 83.1 Å². The third-order valence-electron chi connectivity index (χ3n) is 12.2. The minimum absolute atomic E-state index is 0.00565. The smallest absolute Gasteiger partial charge is 0.292 e. The minimum atomic E-state index is -3.80. The number of sulfonamides is 1. The molecule has 3 N–H and O–H groups in total. The molecule has 5 aromatic rings. The van der Waals surface area contributed by atoms with Crippen molar-refractivity contribution in [2.24, 2.45) is 17.2 Å². The Morgan fingerprint density at radius 2 is 1.38 bits per heavy atom. The van der Waals surface area contributed by atoms with Gasteiger partial charge in [0.1, 0.15) is 16.4 Å². The normalized spacial score (nSPS) is 16.9. The first kappa shape index (κ1) is 41.2. The Hall–Kier alpha value is -5.50. The van der Waals surface area contributed by atoms with Crippen molar-refractivity contribution in [2.45, 2.75) is 114 Å². The fourth-order valence-electron chi connectivity index (χ4n) is 9.45. The highest BCUT2D eigenvalue weighted by Crippen LogP contribution is 2.41. The van der Waals surface area contributed by atoms with E-state index in [0.717, 1.165) is 98.3 Å². The van der Waals surface area contributed by atoms with Gasteiger partial charge in [0.05, 0.1) is 22.3 Å². The van der Waals surface area contributed by atoms with Crippen LogP contribution in [0.5, 0.6) is 5.75 Å². The molecule has 0 bridgehead atoms. The van der Waals surface area contributed by atoms with E-state index in [9.17, 15) is 21.6 Å². The van der Waals surface area contributed by atoms with Crippen molar-refractivity contribution in [1.29, 1.82) is 5.26 Å². The van der Waals surface area contributed by atoms with Gasteiger partial charge >= 0.3 is 0 Å². The van der Waals surface area contributed by atoms with Gasteiger partial charge in [0, 0.05) is 41.8 Å². The Morgan fingerprint density at radius 1 is 0.833 bits per heavy atom. The van der Waals surface area contributed by atoms with Gasteiger partial charge in [0.15, 0.2) is 15.5 Å². The van der Waals surface area contributed by atoms with Gasteiger partial charge in [-0.05, 0) is 154 Å². The number of nitrogens with zero attached hydrogens (tertiary/aromatic N) is 6. The van der Waals surface area contributed by atoms with E-state index in [2.05, 4.69) is 37.5 Å². The number of hydrogen-bond donors (Lipinski definition) is 2. The van der Waals surface area contributed by atoms with E-state index in [1.807, 2.05) is 20.1 Å². The molecule has 10 rings (SSSR count). The zero-order valence-electron chi connectivity index (χ0n) is 34.3. The Labute approximate surface area is 350 Å². The van der Waals surface area contributed by atoms with Crippen LogP contribution in [0.1, 0.15) is 107 Å². The van der Waals surface area contributed by atoms with Crippen molar-refractivity contribution < 1.29 is 26.4 Å². The summed E-state index contributed by atoms with van der Waals surface area (Å²) in [6, 6.07) is 7.65. The lowest BCUT2D eigenvalue weighted by atomic mass is 9.98. The lowest BCUT2D eigenvalue weighted by Crippen LogP contribution is -2.24. The second-order valence-electron chi connectivity index (χ2n) is 16.2. The molecule has 1 aliphatic heterocycles. The number of primary sulfonamides is 1. The molecule has 1 amide bonds. The number of benzene rings is 2. The number of nitrogens with one attached hydrogen (secondary N) is 1. The third-order valence-corrected chi connectivity index (χ3v) is 14.7.